The van der Waals surface area contributed by atoms with Gasteiger partial charge in [-0.3, -0.25) is 9.88 Å². The highest BCUT2D eigenvalue weighted by atomic mass is 16.5. The van der Waals surface area contributed by atoms with Crippen LogP contribution in [0, 0.1) is 0 Å². The Morgan fingerprint density at radius 2 is 1.92 bits per heavy atom. The van der Waals surface area contributed by atoms with Crippen molar-refractivity contribution in [3.63, 3.8) is 0 Å². The van der Waals surface area contributed by atoms with Crippen molar-refractivity contribution >= 4 is 5.65 Å². The number of nitrogens with zero attached hydrogens (tertiary/aromatic N) is 4. The molecule has 1 aliphatic heterocycles. The molecule has 1 fully saturated rings. The Hall–Kier alpha value is -2.24. The van der Waals surface area contributed by atoms with Crippen molar-refractivity contribution in [1.29, 1.82) is 0 Å². The fraction of sp³-hybridized carbons (Fsp3) is 0.368. The number of imidazole rings is 1. The maximum Gasteiger partial charge on any atom is 0.137 e. The molecule has 0 aromatic carbocycles. The van der Waals surface area contributed by atoms with Gasteiger partial charge in [0.25, 0.3) is 0 Å². The molecular weight excluding hydrogens is 300 g/mol. The average molecular weight is 322 g/mol. The molecule has 5 nitrogen and oxygen atoms in total. The number of likely N-dealkylation sites (tertiary alicyclic amines) is 1. The largest absolute Gasteiger partial charge is 0.372 e. The number of ether oxygens (including phenoxy) is 1. The summed E-state index contributed by atoms with van der Waals surface area (Å²) in [5.41, 5.74) is 3.15. The topological polar surface area (TPSA) is 42.7 Å². The number of hydrogen-bond acceptors (Lipinski definition) is 4. The summed E-state index contributed by atoms with van der Waals surface area (Å²) in [7, 11) is 0. The van der Waals surface area contributed by atoms with Crippen LogP contribution in [-0.2, 0) is 17.9 Å². The third kappa shape index (κ3) is 3.63. The van der Waals surface area contributed by atoms with Crippen LogP contribution in [0.2, 0.25) is 0 Å². The van der Waals surface area contributed by atoms with Crippen LogP contribution in [0.1, 0.15) is 24.2 Å². The van der Waals surface area contributed by atoms with Gasteiger partial charge in [-0.1, -0.05) is 12.1 Å². The van der Waals surface area contributed by atoms with E-state index in [9.17, 15) is 0 Å². The monoisotopic (exact) mass is 322 g/mol. The predicted molar refractivity (Wildman–Crippen MR) is 92.5 cm³/mol. The SMILES string of the molecule is c1ccc(COC2CCN(Cc3cn4ccccc4n3)CC2)nc1. The number of rotatable bonds is 5. The van der Waals surface area contributed by atoms with Gasteiger partial charge >= 0.3 is 0 Å². The lowest BCUT2D eigenvalue weighted by atomic mass is 10.1. The number of pyridine rings is 2. The summed E-state index contributed by atoms with van der Waals surface area (Å²) < 4.78 is 8.09. The zero-order valence-corrected chi connectivity index (χ0v) is 13.7. The summed E-state index contributed by atoms with van der Waals surface area (Å²) in [6.45, 7) is 3.63. The zero-order valence-electron chi connectivity index (χ0n) is 13.7. The smallest absolute Gasteiger partial charge is 0.137 e. The van der Waals surface area contributed by atoms with Crippen LogP contribution in [0.25, 0.3) is 5.65 Å². The van der Waals surface area contributed by atoms with Crippen molar-refractivity contribution in [3.05, 3.63) is 66.4 Å². The highest BCUT2D eigenvalue weighted by Gasteiger charge is 2.20. The first-order valence-electron chi connectivity index (χ1n) is 8.53. The van der Waals surface area contributed by atoms with Crippen LogP contribution in [0.4, 0.5) is 0 Å². The van der Waals surface area contributed by atoms with Crippen LogP contribution < -0.4 is 0 Å². The molecule has 24 heavy (non-hydrogen) atoms. The molecule has 0 bridgehead atoms. The van der Waals surface area contributed by atoms with Crippen molar-refractivity contribution in [2.24, 2.45) is 0 Å². The first-order chi connectivity index (χ1) is 11.9. The Morgan fingerprint density at radius 1 is 1.04 bits per heavy atom. The Morgan fingerprint density at radius 3 is 2.71 bits per heavy atom. The lowest BCUT2D eigenvalue weighted by molar-refractivity contribution is -0.00540. The molecule has 4 rings (SSSR count). The quantitative estimate of drug-likeness (QED) is 0.724. The molecule has 1 aliphatic rings. The second-order valence-corrected chi connectivity index (χ2v) is 6.31. The molecule has 0 unspecified atom stereocenters. The Labute approximate surface area is 141 Å². The maximum atomic E-state index is 6.01. The Bertz CT molecular complexity index is 745. The minimum absolute atomic E-state index is 0.337. The van der Waals surface area contributed by atoms with Gasteiger partial charge in [0.15, 0.2) is 0 Å². The third-order valence-electron chi connectivity index (χ3n) is 4.53. The highest BCUT2D eigenvalue weighted by molar-refractivity contribution is 5.39. The third-order valence-corrected chi connectivity index (χ3v) is 4.53. The van der Waals surface area contributed by atoms with Gasteiger partial charge in [0.2, 0.25) is 0 Å². The summed E-state index contributed by atoms with van der Waals surface area (Å²) in [5, 5.41) is 0. The van der Waals surface area contributed by atoms with Crippen molar-refractivity contribution in [1.82, 2.24) is 19.3 Å². The molecule has 4 heterocycles. The number of hydrogen-bond donors (Lipinski definition) is 0. The van der Waals surface area contributed by atoms with E-state index in [1.54, 1.807) is 0 Å². The molecule has 0 radical (unpaired) electrons. The van der Waals surface area contributed by atoms with Crippen LogP contribution in [0.3, 0.4) is 0 Å². The Kier molecular flexibility index (Phi) is 4.53. The molecule has 0 spiro atoms. The van der Waals surface area contributed by atoms with E-state index in [1.807, 2.05) is 48.8 Å². The van der Waals surface area contributed by atoms with E-state index in [-0.39, 0.29) is 0 Å². The molecule has 3 aromatic rings. The maximum absolute atomic E-state index is 6.01. The molecular formula is C19H22N4O. The van der Waals surface area contributed by atoms with Gasteiger partial charge in [-0.15, -0.1) is 0 Å². The molecule has 0 saturated carbocycles. The van der Waals surface area contributed by atoms with Gasteiger partial charge in [0, 0.05) is 38.2 Å². The van der Waals surface area contributed by atoms with Gasteiger partial charge in [-0.05, 0) is 37.1 Å². The predicted octanol–water partition coefficient (Wildman–Crippen LogP) is 2.91. The van der Waals surface area contributed by atoms with Gasteiger partial charge in [-0.25, -0.2) is 4.98 Å². The number of aromatic nitrogens is 3. The average Bonchev–Trinajstić information content (AvgIpc) is 3.04. The normalized spacial score (nSPS) is 16.7. The van der Waals surface area contributed by atoms with Crippen LogP contribution in [0.5, 0.6) is 0 Å². The first kappa shape index (κ1) is 15.3. The summed E-state index contributed by atoms with van der Waals surface area (Å²) >= 11 is 0. The van der Waals surface area contributed by atoms with E-state index in [0.29, 0.717) is 12.7 Å². The van der Waals surface area contributed by atoms with Gasteiger partial charge in [0.05, 0.1) is 24.1 Å². The fourth-order valence-corrected chi connectivity index (χ4v) is 3.21. The fourth-order valence-electron chi connectivity index (χ4n) is 3.21. The van der Waals surface area contributed by atoms with Crippen molar-refractivity contribution in [3.8, 4) is 0 Å². The molecule has 5 heteroatoms. The molecule has 0 atom stereocenters. The minimum Gasteiger partial charge on any atom is -0.372 e. The molecule has 3 aromatic heterocycles. The molecule has 124 valence electrons. The summed E-state index contributed by atoms with van der Waals surface area (Å²) in [4.78, 5) is 11.5. The molecule has 0 aliphatic carbocycles. The summed E-state index contributed by atoms with van der Waals surface area (Å²) in [5.74, 6) is 0. The summed E-state index contributed by atoms with van der Waals surface area (Å²) in [6, 6.07) is 12.0. The van der Waals surface area contributed by atoms with Crippen molar-refractivity contribution in [2.75, 3.05) is 13.1 Å². The lowest BCUT2D eigenvalue weighted by Gasteiger charge is -2.31. The van der Waals surface area contributed by atoms with E-state index >= 15 is 0 Å². The number of piperidine rings is 1. The zero-order chi connectivity index (χ0) is 16.2. The van der Waals surface area contributed by atoms with Gasteiger partial charge < -0.3 is 9.14 Å². The van der Waals surface area contributed by atoms with Crippen LogP contribution in [-0.4, -0.2) is 38.5 Å². The van der Waals surface area contributed by atoms with E-state index in [4.69, 9.17) is 4.74 Å². The highest BCUT2D eigenvalue weighted by Crippen LogP contribution is 2.17. The van der Waals surface area contributed by atoms with E-state index in [1.165, 1.54) is 0 Å². The summed E-state index contributed by atoms with van der Waals surface area (Å²) in [6.07, 6.45) is 8.46. The first-order valence-corrected chi connectivity index (χ1v) is 8.53. The second kappa shape index (κ2) is 7.11. The van der Waals surface area contributed by atoms with E-state index in [0.717, 1.165) is 49.5 Å². The number of fused-ring (bicyclic) bond motifs is 1. The van der Waals surface area contributed by atoms with E-state index in [2.05, 4.69) is 25.5 Å². The van der Waals surface area contributed by atoms with Crippen LogP contribution in [0.15, 0.2) is 55.0 Å². The van der Waals surface area contributed by atoms with Gasteiger partial charge in [0.1, 0.15) is 5.65 Å². The lowest BCUT2D eigenvalue weighted by Crippen LogP contribution is -2.36. The van der Waals surface area contributed by atoms with Crippen molar-refractivity contribution < 1.29 is 4.74 Å². The van der Waals surface area contributed by atoms with Gasteiger partial charge in [-0.2, -0.15) is 0 Å². The Balaban J connectivity index is 1.27. The minimum atomic E-state index is 0.337. The van der Waals surface area contributed by atoms with Crippen LogP contribution >= 0.6 is 0 Å². The standard InChI is InChI=1S/C19H22N4O/c1-3-9-20-16(5-1)15-24-18-7-11-22(12-8-18)13-17-14-23-10-4-2-6-19(23)21-17/h1-6,9-10,14,18H,7-8,11-13,15H2. The van der Waals surface area contributed by atoms with E-state index < -0.39 is 0 Å². The molecule has 0 amide bonds. The molecule has 1 saturated heterocycles. The second-order valence-electron chi connectivity index (χ2n) is 6.31. The van der Waals surface area contributed by atoms with Crippen molar-refractivity contribution in [2.45, 2.75) is 32.1 Å². The molecule has 0 N–H and O–H groups in total.